The third kappa shape index (κ3) is 21.4. The number of nitrogens with zero attached hydrogens (tertiary/aromatic N) is 4. The predicted molar refractivity (Wildman–Crippen MR) is 354 cm³/mol. The zero-order chi connectivity index (χ0) is 66.7. The molecule has 0 fully saturated rings. The van der Waals surface area contributed by atoms with Crippen LogP contribution in [-0.4, -0.2) is 102 Å². The van der Waals surface area contributed by atoms with Crippen LogP contribution in [0.25, 0.3) is 22.3 Å². The normalized spacial score (nSPS) is 12.7. The van der Waals surface area contributed by atoms with E-state index in [1.807, 2.05) is 144 Å². The van der Waals surface area contributed by atoms with E-state index in [9.17, 15) is 38.3 Å². The molecule has 0 aliphatic heterocycles. The van der Waals surface area contributed by atoms with Crippen molar-refractivity contribution < 1.29 is 42.5 Å². The van der Waals surface area contributed by atoms with Crippen molar-refractivity contribution in [2.75, 3.05) is 54.5 Å². The van der Waals surface area contributed by atoms with E-state index in [2.05, 4.69) is 9.80 Å². The third-order valence-corrected chi connectivity index (χ3v) is 15.8. The Morgan fingerprint density at radius 3 is 1.31 bits per heavy atom. The standard InChI is InChI=1S/C37H49FN2O4.C20H24FNO2.C16H26N2O3/c1-10-44-34(42)21-29(31-19-30(18-26(6)36(31)38)35-24(4)12-11-13-25(35)5)20-33(41)32(16-23(2)3)40-22-28(14-15-39(8)9)17-27(7)37(40)43;1-5-24-18(23)11-17(22)16-10-15(9-14(4)20(16)21)19-12(2)7-6-8-13(19)3;1-11(2)8-14(16(20)21)18-10-13(6-7-17(4)5)9-12(3)15(18)19/h11-13,17-19,22-23,29,32H,10,14-16,20-21H2,1-9H3;6-10,17H,5,11,22H2,1-4H3;9-11,14H,6-8H2,1-5H3,(H,20,21)/t29-,32?;17-;/m00./s1. The molecule has 3 N–H and O–H groups in total. The summed E-state index contributed by atoms with van der Waals surface area (Å²) < 4.78 is 43.7. The highest BCUT2D eigenvalue weighted by atomic mass is 19.1. The third-order valence-electron chi connectivity index (χ3n) is 15.8. The SMILES string of the molecule is CCOC(=O)C[C@H](CC(=O)C(CC(C)C)n1cc(CCN(C)C)cc(C)c1=O)c1cc(-c2c(C)cccc2C)cc(C)c1F.CCOC(=O)C[C@H](N)c1cc(-c2c(C)cccc2C)cc(C)c1F.Cc1cc(CCN(C)C)cn(C(CC(C)C)C(=O)O)c1=O. The van der Waals surface area contributed by atoms with Gasteiger partial charge in [-0.05, 0) is 244 Å². The minimum Gasteiger partial charge on any atom is -0.480 e. The van der Waals surface area contributed by atoms with Crippen molar-refractivity contribution in [1.29, 1.82) is 0 Å². The fourth-order valence-electron chi connectivity index (χ4n) is 11.3. The molecule has 0 spiro atoms. The zero-order valence-electron chi connectivity index (χ0n) is 56.2. The number of benzene rings is 4. The summed E-state index contributed by atoms with van der Waals surface area (Å²) in [6.07, 6.45) is 5.65. The molecule has 0 radical (unpaired) electrons. The largest absolute Gasteiger partial charge is 0.480 e. The summed E-state index contributed by atoms with van der Waals surface area (Å²) >= 11 is 0. The highest BCUT2D eigenvalue weighted by Crippen LogP contribution is 2.38. The first-order chi connectivity index (χ1) is 41.8. The lowest BCUT2D eigenvalue weighted by atomic mass is 9.84. The van der Waals surface area contributed by atoms with Gasteiger partial charge in [-0.2, -0.15) is 0 Å². The second kappa shape index (κ2) is 34.5. The maximum atomic E-state index is 16.0. The number of carboxylic acids is 1. The van der Waals surface area contributed by atoms with E-state index in [0.29, 0.717) is 46.2 Å². The number of pyridine rings is 2. The van der Waals surface area contributed by atoms with Gasteiger partial charge in [-0.25, -0.2) is 13.6 Å². The Labute approximate surface area is 527 Å². The molecule has 4 aromatic carbocycles. The second-order valence-corrected chi connectivity index (χ2v) is 25.1. The van der Waals surface area contributed by atoms with E-state index in [1.54, 1.807) is 70.6 Å². The van der Waals surface area contributed by atoms with Gasteiger partial charge in [-0.3, -0.25) is 24.0 Å². The van der Waals surface area contributed by atoms with Crippen LogP contribution in [0.5, 0.6) is 0 Å². The minimum atomic E-state index is -0.949. The van der Waals surface area contributed by atoms with Gasteiger partial charge >= 0.3 is 17.9 Å². The molecule has 14 nitrogen and oxygen atoms in total. The molecule has 0 saturated heterocycles. The van der Waals surface area contributed by atoms with E-state index in [1.165, 1.54) is 4.57 Å². The van der Waals surface area contributed by atoms with Crippen LogP contribution >= 0.6 is 0 Å². The molecule has 2 unspecified atom stereocenters. The van der Waals surface area contributed by atoms with Crippen molar-refractivity contribution in [1.82, 2.24) is 18.9 Å². The highest BCUT2D eigenvalue weighted by molar-refractivity contribution is 5.85. The lowest BCUT2D eigenvalue weighted by Gasteiger charge is -2.25. The Bertz CT molecular complexity index is 3490. The Morgan fingerprint density at radius 2 is 0.921 bits per heavy atom. The first-order valence-corrected chi connectivity index (χ1v) is 31.1. The molecule has 0 saturated carbocycles. The Kier molecular flexibility index (Phi) is 28.7. The molecule has 484 valence electrons. The van der Waals surface area contributed by atoms with E-state index in [0.717, 1.165) is 81.6 Å². The van der Waals surface area contributed by atoms with Gasteiger partial charge in [0, 0.05) is 60.6 Å². The molecule has 2 aromatic heterocycles. The molecule has 6 rings (SSSR count). The van der Waals surface area contributed by atoms with Gasteiger partial charge in [-0.15, -0.1) is 0 Å². The molecule has 2 heterocycles. The molecular formula is C73H99F2N5O9. The maximum absolute atomic E-state index is 16.0. The number of aliphatic carboxylic acids is 1. The van der Waals surface area contributed by atoms with Crippen LogP contribution in [0.2, 0.25) is 0 Å². The Hall–Kier alpha value is -7.40. The monoisotopic (exact) mass is 1230 g/mol. The van der Waals surface area contributed by atoms with Crippen LogP contribution in [-0.2, 0) is 41.5 Å². The quantitative estimate of drug-likeness (QED) is 0.0491. The number of ketones is 1. The van der Waals surface area contributed by atoms with Crippen molar-refractivity contribution in [3.05, 3.63) is 184 Å². The molecule has 0 bridgehead atoms. The summed E-state index contributed by atoms with van der Waals surface area (Å²) in [6.45, 7) is 28.6. The number of halogens is 2. The van der Waals surface area contributed by atoms with Crippen molar-refractivity contribution in [3.63, 3.8) is 0 Å². The predicted octanol–water partition coefficient (Wildman–Crippen LogP) is 13.6. The minimum absolute atomic E-state index is 0.0413. The molecular weight excluding hydrogens is 1130 g/mol. The number of hydrogen-bond donors (Lipinski definition) is 2. The fraction of sp³-hybridized carbons (Fsp3) is 0.479. The van der Waals surface area contributed by atoms with Gasteiger partial charge < -0.3 is 39.2 Å². The van der Waals surface area contributed by atoms with Crippen molar-refractivity contribution >= 4 is 23.7 Å². The molecule has 0 amide bonds. The number of rotatable bonds is 26. The van der Waals surface area contributed by atoms with Crippen LogP contribution < -0.4 is 16.9 Å². The number of aromatic nitrogens is 2. The van der Waals surface area contributed by atoms with Crippen LogP contribution in [0, 0.1) is 78.9 Å². The molecule has 4 atom stereocenters. The average Bonchev–Trinajstić information content (AvgIpc) is 2.88. The van der Waals surface area contributed by atoms with Gasteiger partial charge in [0.25, 0.3) is 11.1 Å². The van der Waals surface area contributed by atoms with Crippen LogP contribution in [0.3, 0.4) is 0 Å². The number of nitrogens with two attached hydrogens (primary N) is 1. The van der Waals surface area contributed by atoms with Crippen LogP contribution in [0.4, 0.5) is 8.78 Å². The van der Waals surface area contributed by atoms with Gasteiger partial charge in [0.05, 0.1) is 32.1 Å². The maximum Gasteiger partial charge on any atom is 0.326 e. The van der Waals surface area contributed by atoms with E-state index < -0.39 is 47.8 Å². The number of esters is 2. The number of hydrogen-bond acceptors (Lipinski definition) is 11. The van der Waals surface area contributed by atoms with Gasteiger partial charge in [0.2, 0.25) is 0 Å². The summed E-state index contributed by atoms with van der Waals surface area (Å²) in [5.41, 5.74) is 18.6. The second-order valence-electron chi connectivity index (χ2n) is 25.1. The van der Waals surface area contributed by atoms with E-state index >= 15 is 4.39 Å². The molecule has 6 aromatic rings. The first-order valence-electron chi connectivity index (χ1n) is 31.1. The summed E-state index contributed by atoms with van der Waals surface area (Å²) in [4.78, 5) is 80.1. The molecule has 0 aliphatic carbocycles. The lowest BCUT2D eigenvalue weighted by Crippen LogP contribution is -2.33. The van der Waals surface area contributed by atoms with Crippen molar-refractivity contribution in [3.8, 4) is 22.3 Å². The van der Waals surface area contributed by atoms with Crippen molar-refractivity contribution in [2.24, 2.45) is 17.6 Å². The lowest BCUT2D eigenvalue weighted by molar-refractivity contribution is -0.144. The van der Waals surface area contributed by atoms with Gasteiger partial charge in [-0.1, -0.05) is 64.1 Å². The number of Topliss-reactive ketones (excluding diaryl/α,β-unsaturated/α-hetero) is 1. The number of carbonyl (C=O) groups excluding carboxylic acids is 3. The Morgan fingerprint density at radius 1 is 0.539 bits per heavy atom. The number of carboxylic acid groups (broad SMARTS) is 1. The number of likely N-dealkylation sites (N-methyl/N-ethyl adjacent to an activating group) is 2. The van der Waals surface area contributed by atoms with Gasteiger partial charge in [0.1, 0.15) is 17.7 Å². The zero-order valence-corrected chi connectivity index (χ0v) is 56.2. The first kappa shape index (κ1) is 74.1. The average molecular weight is 1230 g/mol. The summed E-state index contributed by atoms with van der Waals surface area (Å²) in [5, 5.41) is 9.43. The summed E-state index contributed by atoms with van der Waals surface area (Å²) in [7, 11) is 7.96. The topological polar surface area (TPSA) is 183 Å². The highest BCUT2D eigenvalue weighted by Gasteiger charge is 2.31. The van der Waals surface area contributed by atoms with Gasteiger partial charge in [0.15, 0.2) is 5.78 Å². The van der Waals surface area contributed by atoms with Crippen molar-refractivity contribution in [2.45, 2.75) is 166 Å². The Balaban J connectivity index is 0.000000316. The number of ether oxygens (including phenoxy) is 2. The number of carbonyl (C=O) groups is 4. The van der Waals surface area contributed by atoms with Crippen LogP contribution in [0.15, 0.2) is 94.8 Å². The molecule has 16 heteroatoms. The van der Waals surface area contributed by atoms with E-state index in [-0.39, 0.29) is 67.0 Å². The fourth-order valence-corrected chi connectivity index (χ4v) is 11.3. The number of aryl methyl sites for hydroxylation is 8. The van der Waals surface area contributed by atoms with E-state index in [4.69, 9.17) is 15.2 Å². The molecule has 0 aliphatic rings. The summed E-state index contributed by atoms with van der Waals surface area (Å²) in [5.74, 6) is -3.27. The smallest absolute Gasteiger partial charge is 0.326 e. The molecule has 89 heavy (non-hydrogen) atoms. The van der Waals surface area contributed by atoms with Crippen LogP contribution in [0.1, 0.15) is 164 Å². The summed E-state index contributed by atoms with van der Waals surface area (Å²) in [6, 6.07) is 20.7.